The molecule has 0 aliphatic heterocycles. The van der Waals surface area contributed by atoms with Gasteiger partial charge in [-0.15, -0.1) is 0 Å². The van der Waals surface area contributed by atoms with Crippen molar-refractivity contribution in [1.82, 2.24) is 9.78 Å². The minimum atomic E-state index is -0.475. The third-order valence-corrected chi connectivity index (χ3v) is 4.21. The van der Waals surface area contributed by atoms with Crippen molar-refractivity contribution in [3.8, 4) is 0 Å². The van der Waals surface area contributed by atoms with Crippen molar-refractivity contribution in [2.45, 2.75) is 64.0 Å². The second-order valence-electron chi connectivity index (χ2n) is 6.09. The first-order valence-electron chi connectivity index (χ1n) is 7.62. The van der Waals surface area contributed by atoms with E-state index in [9.17, 15) is 5.11 Å². The molecule has 1 N–H and O–H groups in total. The number of allylic oxidation sites excluding steroid dienone is 1. The first kappa shape index (κ1) is 15.0. The number of nitrogens with zero attached hydrogens (tertiary/aromatic N) is 2. The monoisotopic (exact) mass is 274 g/mol. The van der Waals surface area contributed by atoms with Gasteiger partial charge >= 0.3 is 0 Å². The van der Waals surface area contributed by atoms with Crippen LogP contribution in [0.5, 0.6) is 0 Å². The first-order chi connectivity index (χ1) is 9.55. The minimum absolute atomic E-state index is 0.448. The molecule has 1 aromatic rings. The summed E-state index contributed by atoms with van der Waals surface area (Å²) in [4.78, 5) is 0. The van der Waals surface area contributed by atoms with E-state index in [4.69, 9.17) is 0 Å². The lowest BCUT2D eigenvalue weighted by molar-refractivity contribution is 0.0286. The summed E-state index contributed by atoms with van der Waals surface area (Å²) in [5, 5.41) is 14.8. The normalized spacial score (nSPS) is 28.2. The fraction of sp³-hybridized carbons (Fsp3) is 0.588. The molecule has 0 unspecified atom stereocenters. The minimum Gasteiger partial charge on any atom is -0.390 e. The Balaban J connectivity index is 2.13. The van der Waals surface area contributed by atoms with Crippen LogP contribution in [0.25, 0.3) is 12.2 Å². The number of hydrogen-bond donors (Lipinski definition) is 1. The molecule has 1 fully saturated rings. The van der Waals surface area contributed by atoms with Gasteiger partial charge in [-0.2, -0.15) is 5.10 Å². The fourth-order valence-electron chi connectivity index (χ4n) is 3.04. The Bertz CT molecular complexity index is 473. The van der Waals surface area contributed by atoms with E-state index < -0.39 is 5.60 Å². The molecule has 3 nitrogen and oxygen atoms in total. The highest BCUT2D eigenvalue weighted by Crippen LogP contribution is 2.31. The van der Waals surface area contributed by atoms with Crippen LogP contribution < -0.4 is 0 Å². The molecule has 0 atom stereocenters. The Kier molecular flexibility index (Phi) is 4.81. The summed E-state index contributed by atoms with van der Waals surface area (Å²) in [6.45, 7) is 7.82. The predicted octanol–water partition coefficient (Wildman–Crippen LogP) is 4.21. The molecule has 0 bridgehead atoms. The smallest absolute Gasteiger partial charge is 0.0917 e. The second kappa shape index (κ2) is 6.40. The number of aromatic nitrogens is 2. The second-order valence-corrected chi connectivity index (χ2v) is 6.09. The van der Waals surface area contributed by atoms with Crippen molar-refractivity contribution in [2.24, 2.45) is 0 Å². The molecule has 1 aliphatic rings. The Morgan fingerprint density at radius 2 is 2.05 bits per heavy atom. The average Bonchev–Trinajstić information content (AvgIpc) is 2.78. The van der Waals surface area contributed by atoms with Crippen molar-refractivity contribution in [1.29, 1.82) is 0 Å². The van der Waals surface area contributed by atoms with E-state index in [1.54, 1.807) is 0 Å². The summed E-state index contributed by atoms with van der Waals surface area (Å²) in [5.41, 5.74) is 1.62. The van der Waals surface area contributed by atoms with Crippen molar-refractivity contribution >= 4 is 12.2 Å². The highest BCUT2D eigenvalue weighted by molar-refractivity contribution is 5.60. The molecule has 0 saturated heterocycles. The maximum Gasteiger partial charge on any atom is 0.0917 e. The van der Waals surface area contributed by atoms with Gasteiger partial charge < -0.3 is 5.11 Å². The summed E-state index contributed by atoms with van der Waals surface area (Å²) in [6, 6.07) is 0.448. The molecule has 0 amide bonds. The van der Waals surface area contributed by atoms with E-state index in [2.05, 4.69) is 28.6 Å². The van der Waals surface area contributed by atoms with Crippen molar-refractivity contribution in [3.63, 3.8) is 0 Å². The Morgan fingerprint density at radius 3 is 2.60 bits per heavy atom. The quantitative estimate of drug-likeness (QED) is 0.896. The summed E-state index contributed by atoms with van der Waals surface area (Å²) in [7, 11) is 0. The lowest BCUT2D eigenvalue weighted by Crippen LogP contribution is -2.26. The molecule has 1 heterocycles. The largest absolute Gasteiger partial charge is 0.390 e. The molecule has 20 heavy (non-hydrogen) atoms. The van der Waals surface area contributed by atoms with Gasteiger partial charge in [0.25, 0.3) is 0 Å². The third kappa shape index (κ3) is 3.60. The molecule has 0 spiro atoms. The predicted molar refractivity (Wildman–Crippen MR) is 84.4 cm³/mol. The maximum atomic E-state index is 10.1. The van der Waals surface area contributed by atoms with Gasteiger partial charge in [-0.25, -0.2) is 0 Å². The SMILES string of the molecule is C=Cc1nn(C2CCCC(C)(O)CCC2)cc1/C=C\C. The van der Waals surface area contributed by atoms with Crippen LogP contribution in [0.15, 0.2) is 18.9 Å². The number of aliphatic hydroxyl groups is 1. The Morgan fingerprint density at radius 1 is 1.40 bits per heavy atom. The molecule has 1 aliphatic carbocycles. The van der Waals surface area contributed by atoms with Crippen molar-refractivity contribution in [2.75, 3.05) is 0 Å². The highest BCUT2D eigenvalue weighted by atomic mass is 16.3. The van der Waals surface area contributed by atoms with E-state index in [0.717, 1.165) is 49.8 Å². The molecular weight excluding hydrogens is 248 g/mol. The van der Waals surface area contributed by atoms with Crippen LogP contribution in [0, 0.1) is 0 Å². The van der Waals surface area contributed by atoms with Gasteiger partial charge in [0.2, 0.25) is 0 Å². The van der Waals surface area contributed by atoms with Gasteiger partial charge in [0.1, 0.15) is 0 Å². The van der Waals surface area contributed by atoms with Gasteiger partial charge in [0.05, 0.1) is 17.3 Å². The van der Waals surface area contributed by atoms with E-state index >= 15 is 0 Å². The van der Waals surface area contributed by atoms with Crippen LogP contribution in [0.2, 0.25) is 0 Å². The van der Waals surface area contributed by atoms with Gasteiger partial charge in [0, 0.05) is 11.8 Å². The number of rotatable bonds is 3. The van der Waals surface area contributed by atoms with Crippen LogP contribution >= 0.6 is 0 Å². The zero-order valence-electron chi connectivity index (χ0n) is 12.7. The zero-order chi connectivity index (χ0) is 14.6. The van der Waals surface area contributed by atoms with E-state index in [0.29, 0.717) is 6.04 Å². The molecule has 3 heteroatoms. The van der Waals surface area contributed by atoms with Gasteiger partial charge in [-0.05, 0) is 58.4 Å². The van der Waals surface area contributed by atoms with Crippen molar-refractivity contribution in [3.05, 3.63) is 30.1 Å². The van der Waals surface area contributed by atoms with Crippen LogP contribution in [-0.2, 0) is 0 Å². The fourth-order valence-corrected chi connectivity index (χ4v) is 3.04. The van der Waals surface area contributed by atoms with Crippen molar-refractivity contribution < 1.29 is 5.11 Å². The lowest BCUT2D eigenvalue weighted by atomic mass is 9.87. The topological polar surface area (TPSA) is 38.0 Å². The zero-order valence-corrected chi connectivity index (χ0v) is 12.7. The molecule has 110 valence electrons. The van der Waals surface area contributed by atoms with Gasteiger partial charge in [0.15, 0.2) is 0 Å². The van der Waals surface area contributed by atoms with E-state index in [1.165, 1.54) is 0 Å². The Labute approximate surface area is 122 Å². The van der Waals surface area contributed by atoms with Crippen LogP contribution in [0.3, 0.4) is 0 Å². The van der Waals surface area contributed by atoms with E-state index in [1.807, 2.05) is 26.0 Å². The van der Waals surface area contributed by atoms with Crippen LogP contribution in [0.1, 0.15) is 69.7 Å². The molecule has 0 aromatic carbocycles. The molecule has 0 radical (unpaired) electrons. The lowest BCUT2D eigenvalue weighted by Gasteiger charge is -2.28. The first-order valence-corrected chi connectivity index (χ1v) is 7.62. The molecule has 1 saturated carbocycles. The maximum absolute atomic E-state index is 10.1. The third-order valence-electron chi connectivity index (χ3n) is 4.21. The Hall–Kier alpha value is -1.35. The summed E-state index contributed by atoms with van der Waals surface area (Å²) in [5.74, 6) is 0. The molecular formula is C17H26N2O. The van der Waals surface area contributed by atoms with Gasteiger partial charge in [-0.1, -0.05) is 18.7 Å². The van der Waals surface area contributed by atoms with Crippen LogP contribution in [0.4, 0.5) is 0 Å². The summed E-state index contributed by atoms with van der Waals surface area (Å²) in [6.07, 6.45) is 14.1. The summed E-state index contributed by atoms with van der Waals surface area (Å²) >= 11 is 0. The van der Waals surface area contributed by atoms with E-state index in [-0.39, 0.29) is 0 Å². The standard InChI is InChI=1S/C17H26N2O/c1-4-8-14-13-19(18-16(14)5-2)15-9-6-11-17(3,20)12-7-10-15/h4-5,8,13,15,20H,2,6-7,9-12H2,1,3H3/b8-4-. The molecule has 2 rings (SSSR count). The van der Waals surface area contributed by atoms with Crippen LogP contribution in [-0.4, -0.2) is 20.5 Å². The van der Waals surface area contributed by atoms with Gasteiger partial charge in [-0.3, -0.25) is 4.68 Å². The highest BCUT2D eigenvalue weighted by Gasteiger charge is 2.25. The average molecular weight is 274 g/mol. The number of hydrogen-bond acceptors (Lipinski definition) is 2. The molecule has 1 aromatic heterocycles. The summed E-state index contributed by atoms with van der Waals surface area (Å²) < 4.78 is 2.10.